The number of rotatable bonds is 4. The van der Waals surface area contributed by atoms with Crippen LogP contribution in [-0.2, 0) is 9.59 Å². The second-order valence-corrected chi connectivity index (χ2v) is 5.79. The Kier molecular flexibility index (Phi) is 5.11. The fourth-order valence-electron chi connectivity index (χ4n) is 2.64. The minimum absolute atomic E-state index is 0.0487. The minimum Gasteiger partial charge on any atom is -0.334 e. The molecule has 2 N–H and O–H groups in total. The summed E-state index contributed by atoms with van der Waals surface area (Å²) in [5, 5.41) is 7.38. The molecule has 2 aliphatic rings. The van der Waals surface area contributed by atoms with Gasteiger partial charge in [-0.2, -0.15) is 5.10 Å². The average Bonchev–Trinajstić information content (AvgIpc) is 2.45. The van der Waals surface area contributed by atoms with Crippen molar-refractivity contribution in [3.8, 4) is 0 Å². The molecule has 2 aliphatic heterocycles. The Labute approximate surface area is 120 Å². The zero-order chi connectivity index (χ0) is 14.5. The van der Waals surface area contributed by atoms with Gasteiger partial charge in [-0.15, -0.1) is 0 Å². The topological polar surface area (TPSA) is 73.8 Å². The van der Waals surface area contributed by atoms with Crippen molar-refractivity contribution in [1.29, 1.82) is 0 Å². The molecular formula is C14H24N4O2. The second-order valence-electron chi connectivity index (χ2n) is 5.79. The SMILES string of the molecule is CC(C)N(CC1CCCCN1)C(=O)C1=NNC(=O)CC1. The largest absolute Gasteiger partial charge is 0.334 e. The van der Waals surface area contributed by atoms with Crippen LogP contribution in [-0.4, -0.2) is 47.6 Å². The highest BCUT2D eigenvalue weighted by Crippen LogP contribution is 2.12. The molecule has 20 heavy (non-hydrogen) atoms. The van der Waals surface area contributed by atoms with E-state index in [0.29, 0.717) is 31.1 Å². The third-order valence-electron chi connectivity index (χ3n) is 3.86. The van der Waals surface area contributed by atoms with Crippen LogP contribution in [0.25, 0.3) is 0 Å². The lowest BCUT2D eigenvalue weighted by Gasteiger charge is -2.33. The number of carbonyl (C=O) groups excluding carboxylic acids is 2. The quantitative estimate of drug-likeness (QED) is 0.793. The zero-order valence-electron chi connectivity index (χ0n) is 12.3. The summed E-state index contributed by atoms with van der Waals surface area (Å²) < 4.78 is 0. The number of hydrazone groups is 1. The number of carbonyl (C=O) groups is 2. The highest BCUT2D eigenvalue weighted by molar-refractivity contribution is 6.39. The van der Waals surface area contributed by atoms with Gasteiger partial charge in [0.2, 0.25) is 5.91 Å². The Hall–Kier alpha value is -1.43. The Balaban J connectivity index is 2.00. The molecule has 1 atom stereocenters. The van der Waals surface area contributed by atoms with E-state index in [1.807, 2.05) is 18.7 Å². The predicted octanol–water partition coefficient (Wildman–Crippen LogP) is 0.632. The summed E-state index contributed by atoms with van der Waals surface area (Å²) in [4.78, 5) is 25.5. The molecular weight excluding hydrogens is 256 g/mol. The molecule has 0 radical (unpaired) electrons. The van der Waals surface area contributed by atoms with Gasteiger partial charge in [0.25, 0.3) is 5.91 Å². The molecule has 0 spiro atoms. The fraction of sp³-hybridized carbons (Fsp3) is 0.786. The van der Waals surface area contributed by atoms with E-state index in [9.17, 15) is 9.59 Å². The van der Waals surface area contributed by atoms with Crippen LogP contribution in [0.1, 0.15) is 46.0 Å². The molecule has 6 nitrogen and oxygen atoms in total. The number of amides is 2. The van der Waals surface area contributed by atoms with E-state index in [4.69, 9.17) is 0 Å². The number of piperidine rings is 1. The Morgan fingerprint density at radius 1 is 1.40 bits per heavy atom. The van der Waals surface area contributed by atoms with Gasteiger partial charge in [0, 0.05) is 31.5 Å². The van der Waals surface area contributed by atoms with E-state index in [1.54, 1.807) is 0 Å². The fourth-order valence-corrected chi connectivity index (χ4v) is 2.64. The van der Waals surface area contributed by atoms with Crippen LogP contribution in [0.2, 0.25) is 0 Å². The maximum atomic E-state index is 12.5. The molecule has 1 saturated heterocycles. The minimum atomic E-state index is -0.119. The maximum Gasteiger partial charge on any atom is 0.270 e. The number of hydrogen-bond donors (Lipinski definition) is 2. The first-order valence-corrected chi connectivity index (χ1v) is 7.47. The number of nitrogens with zero attached hydrogens (tertiary/aromatic N) is 2. The van der Waals surface area contributed by atoms with Crippen molar-refractivity contribution in [2.45, 2.75) is 58.0 Å². The summed E-state index contributed by atoms with van der Waals surface area (Å²) in [6, 6.07) is 0.500. The van der Waals surface area contributed by atoms with Gasteiger partial charge < -0.3 is 10.2 Å². The van der Waals surface area contributed by atoms with Crippen LogP contribution in [0.5, 0.6) is 0 Å². The van der Waals surface area contributed by atoms with Crippen LogP contribution >= 0.6 is 0 Å². The molecule has 2 heterocycles. The standard InChI is InChI=1S/C14H24N4O2/c1-10(2)18(9-11-5-3-4-8-15-11)14(20)12-6-7-13(19)17-16-12/h10-11,15H,3-9H2,1-2H3,(H,17,19). The van der Waals surface area contributed by atoms with E-state index in [0.717, 1.165) is 13.0 Å². The molecule has 0 aromatic carbocycles. The summed E-state index contributed by atoms with van der Waals surface area (Å²) in [6.07, 6.45) is 4.32. The first kappa shape index (κ1) is 15.0. The summed E-state index contributed by atoms with van der Waals surface area (Å²) in [5.41, 5.74) is 2.86. The number of hydrogen-bond acceptors (Lipinski definition) is 4. The molecule has 1 unspecified atom stereocenters. The van der Waals surface area contributed by atoms with Gasteiger partial charge in [0.15, 0.2) is 0 Å². The lowest BCUT2D eigenvalue weighted by atomic mass is 10.0. The molecule has 0 aromatic rings. The summed E-state index contributed by atoms with van der Waals surface area (Å²) >= 11 is 0. The van der Waals surface area contributed by atoms with Crippen molar-refractivity contribution >= 4 is 17.5 Å². The van der Waals surface area contributed by atoms with Crippen molar-refractivity contribution in [3.63, 3.8) is 0 Å². The smallest absolute Gasteiger partial charge is 0.270 e. The molecule has 2 rings (SSSR count). The molecule has 6 heteroatoms. The summed E-state index contributed by atoms with van der Waals surface area (Å²) in [7, 11) is 0. The van der Waals surface area contributed by atoms with Crippen LogP contribution in [0.4, 0.5) is 0 Å². The first-order valence-electron chi connectivity index (χ1n) is 7.47. The van der Waals surface area contributed by atoms with Crippen molar-refractivity contribution in [2.24, 2.45) is 5.10 Å². The lowest BCUT2D eigenvalue weighted by Crippen LogP contribution is -2.51. The summed E-state index contributed by atoms with van der Waals surface area (Å²) in [6.45, 7) is 5.77. The Morgan fingerprint density at radius 2 is 2.20 bits per heavy atom. The van der Waals surface area contributed by atoms with E-state index >= 15 is 0 Å². The van der Waals surface area contributed by atoms with Gasteiger partial charge in [-0.05, 0) is 33.2 Å². The molecule has 0 aliphatic carbocycles. The maximum absolute atomic E-state index is 12.5. The first-order chi connectivity index (χ1) is 9.58. The Bertz CT molecular complexity index is 400. The van der Waals surface area contributed by atoms with Gasteiger partial charge in [-0.1, -0.05) is 6.42 Å². The van der Waals surface area contributed by atoms with Crippen LogP contribution < -0.4 is 10.7 Å². The van der Waals surface area contributed by atoms with Crippen molar-refractivity contribution < 1.29 is 9.59 Å². The molecule has 0 saturated carbocycles. The molecule has 0 bridgehead atoms. The van der Waals surface area contributed by atoms with Gasteiger partial charge in [-0.25, -0.2) is 5.43 Å². The van der Waals surface area contributed by atoms with Crippen LogP contribution in [0, 0.1) is 0 Å². The zero-order valence-corrected chi connectivity index (χ0v) is 12.3. The predicted molar refractivity (Wildman–Crippen MR) is 77.3 cm³/mol. The third-order valence-corrected chi connectivity index (χ3v) is 3.86. The normalized spacial score (nSPS) is 23.2. The highest BCUT2D eigenvalue weighted by Gasteiger charge is 2.27. The van der Waals surface area contributed by atoms with E-state index in [-0.39, 0.29) is 17.9 Å². The van der Waals surface area contributed by atoms with Gasteiger partial charge in [0.1, 0.15) is 5.71 Å². The second kappa shape index (κ2) is 6.83. The van der Waals surface area contributed by atoms with Gasteiger partial charge in [0.05, 0.1) is 0 Å². The molecule has 2 amide bonds. The third kappa shape index (κ3) is 3.79. The highest BCUT2D eigenvalue weighted by atomic mass is 16.2. The van der Waals surface area contributed by atoms with Crippen LogP contribution in [0.3, 0.4) is 0 Å². The molecule has 0 aromatic heterocycles. The van der Waals surface area contributed by atoms with E-state index < -0.39 is 0 Å². The van der Waals surface area contributed by atoms with Crippen molar-refractivity contribution in [2.75, 3.05) is 13.1 Å². The van der Waals surface area contributed by atoms with E-state index in [1.165, 1.54) is 12.8 Å². The van der Waals surface area contributed by atoms with Crippen LogP contribution in [0.15, 0.2) is 5.10 Å². The lowest BCUT2D eigenvalue weighted by molar-refractivity contribution is -0.126. The molecule has 1 fully saturated rings. The van der Waals surface area contributed by atoms with E-state index in [2.05, 4.69) is 15.8 Å². The van der Waals surface area contributed by atoms with Crippen molar-refractivity contribution in [1.82, 2.24) is 15.6 Å². The Morgan fingerprint density at radius 3 is 2.75 bits per heavy atom. The van der Waals surface area contributed by atoms with Gasteiger partial charge >= 0.3 is 0 Å². The van der Waals surface area contributed by atoms with Gasteiger partial charge in [-0.3, -0.25) is 9.59 Å². The van der Waals surface area contributed by atoms with Crippen molar-refractivity contribution in [3.05, 3.63) is 0 Å². The number of nitrogens with one attached hydrogen (secondary N) is 2. The monoisotopic (exact) mass is 280 g/mol. The average molecular weight is 280 g/mol. The molecule has 112 valence electrons. The summed E-state index contributed by atoms with van der Waals surface area (Å²) in [5.74, 6) is -0.168.